The van der Waals surface area contributed by atoms with Crippen LogP contribution in [0, 0.1) is 5.82 Å². The minimum Gasteiger partial charge on any atom is -0.493 e. The molecule has 2 aromatic rings. The first-order chi connectivity index (χ1) is 18.2. The Labute approximate surface area is 223 Å². The van der Waals surface area contributed by atoms with E-state index in [2.05, 4.69) is 5.32 Å². The topological polar surface area (TPSA) is 114 Å². The second-order valence-corrected chi connectivity index (χ2v) is 9.33. The number of hydrogen-bond donors (Lipinski definition) is 2. The number of carbonyl (C=O) groups excluding carboxylic acids is 3. The number of ether oxygens (including phenoxy) is 2. The first-order valence-electron chi connectivity index (χ1n) is 12.8. The van der Waals surface area contributed by atoms with E-state index in [1.54, 1.807) is 36.3 Å². The van der Waals surface area contributed by atoms with Crippen molar-refractivity contribution in [2.45, 2.75) is 50.7 Å². The van der Waals surface area contributed by atoms with Crippen LogP contribution in [-0.4, -0.2) is 80.0 Å². The standard InChI is InChI=1S/C28H37FN4O5/c1-5-6-22-28(36)33(14-13-32(22)27(35)21(30)15-18-7-10-20(29)11-8-18)23(26(34)31-2)16-19-9-12-24(37-3)25(17-19)38-4/h7-12,17,21-23H,5-6,13-16,30H2,1-4H3,(H,31,34)/t21-,22+,23+/m1/s1. The van der Waals surface area contributed by atoms with Gasteiger partial charge in [-0.05, 0) is 48.2 Å². The summed E-state index contributed by atoms with van der Waals surface area (Å²) in [5.74, 6) is -0.183. The zero-order valence-electron chi connectivity index (χ0n) is 22.4. The van der Waals surface area contributed by atoms with Crippen LogP contribution in [0.4, 0.5) is 4.39 Å². The monoisotopic (exact) mass is 528 g/mol. The lowest BCUT2D eigenvalue weighted by atomic mass is 9.97. The molecule has 0 unspecified atom stereocenters. The molecule has 206 valence electrons. The molecule has 0 saturated carbocycles. The summed E-state index contributed by atoms with van der Waals surface area (Å²) in [6.45, 7) is 2.39. The zero-order valence-corrected chi connectivity index (χ0v) is 22.4. The number of hydrogen-bond acceptors (Lipinski definition) is 6. The number of benzene rings is 2. The van der Waals surface area contributed by atoms with Gasteiger partial charge in [-0.1, -0.05) is 31.5 Å². The third kappa shape index (κ3) is 6.61. The molecule has 1 saturated heterocycles. The van der Waals surface area contributed by atoms with Crippen molar-refractivity contribution in [3.05, 3.63) is 59.4 Å². The van der Waals surface area contributed by atoms with Gasteiger partial charge in [0.25, 0.3) is 0 Å². The summed E-state index contributed by atoms with van der Waals surface area (Å²) < 4.78 is 24.0. The van der Waals surface area contributed by atoms with Crippen molar-refractivity contribution in [2.24, 2.45) is 5.73 Å². The molecule has 2 aromatic carbocycles. The van der Waals surface area contributed by atoms with E-state index in [9.17, 15) is 18.8 Å². The van der Waals surface area contributed by atoms with E-state index in [0.29, 0.717) is 24.3 Å². The molecule has 3 atom stereocenters. The number of halogens is 1. The van der Waals surface area contributed by atoms with Crippen LogP contribution in [0.15, 0.2) is 42.5 Å². The smallest absolute Gasteiger partial charge is 0.246 e. The summed E-state index contributed by atoms with van der Waals surface area (Å²) in [6, 6.07) is 8.85. The molecule has 1 aliphatic heterocycles. The molecule has 0 bridgehead atoms. The number of nitrogens with zero attached hydrogens (tertiary/aromatic N) is 2. The number of methoxy groups -OCH3 is 2. The molecular formula is C28H37FN4O5. The molecule has 0 spiro atoms. The van der Waals surface area contributed by atoms with Gasteiger partial charge in [0.1, 0.15) is 17.9 Å². The average Bonchev–Trinajstić information content (AvgIpc) is 2.93. The Hall–Kier alpha value is -3.66. The van der Waals surface area contributed by atoms with E-state index in [-0.39, 0.29) is 49.5 Å². The highest BCUT2D eigenvalue weighted by atomic mass is 19.1. The third-order valence-electron chi connectivity index (χ3n) is 6.86. The van der Waals surface area contributed by atoms with Gasteiger partial charge in [-0.15, -0.1) is 0 Å². The fourth-order valence-corrected chi connectivity index (χ4v) is 4.85. The normalized spacial score (nSPS) is 17.1. The predicted molar refractivity (Wildman–Crippen MR) is 141 cm³/mol. The number of amides is 3. The van der Waals surface area contributed by atoms with Crippen molar-refractivity contribution in [3.63, 3.8) is 0 Å². The van der Waals surface area contributed by atoms with Crippen LogP contribution in [0.1, 0.15) is 30.9 Å². The Balaban J connectivity index is 1.81. The second-order valence-electron chi connectivity index (χ2n) is 9.33. The van der Waals surface area contributed by atoms with Crippen LogP contribution in [0.3, 0.4) is 0 Å². The SMILES string of the molecule is CCC[C@H]1C(=O)N([C@@H](Cc2ccc(OC)c(OC)c2)C(=O)NC)CCN1C(=O)[C@H](N)Cc1ccc(F)cc1. The Kier molecular flexibility index (Phi) is 10.1. The summed E-state index contributed by atoms with van der Waals surface area (Å²) in [7, 11) is 4.61. The average molecular weight is 529 g/mol. The first kappa shape index (κ1) is 28.9. The fourth-order valence-electron chi connectivity index (χ4n) is 4.85. The van der Waals surface area contributed by atoms with E-state index in [1.807, 2.05) is 13.0 Å². The molecule has 9 nitrogen and oxygen atoms in total. The number of piperazine rings is 1. The van der Waals surface area contributed by atoms with Crippen LogP contribution < -0.4 is 20.5 Å². The molecule has 1 fully saturated rings. The maximum atomic E-state index is 13.7. The molecule has 3 rings (SSSR count). The minimum absolute atomic E-state index is 0.194. The largest absolute Gasteiger partial charge is 0.493 e. The second kappa shape index (κ2) is 13.2. The van der Waals surface area contributed by atoms with Gasteiger partial charge in [0.15, 0.2) is 11.5 Å². The van der Waals surface area contributed by atoms with Crippen molar-refractivity contribution in [1.82, 2.24) is 15.1 Å². The van der Waals surface area contributed by atoms with Crippen molar-refractivity contribution in [2.75, 3.05) is 34.4 Å². The molecule has 3 N–H and O–H groups in total. The van der Waals surface area contributed by atoms with Crippen LogP contribution in [0.5, 0.6) is 11.5 Å². The predicted octanol–water partition coefficient (Wildman–Crippen LogP) is 1.91. The summed E-state index contributed by atoms with van der Waals surface area (Å²) in [4.78, 5) is 43.2. The van der Waals surface area contributed by atoms with Gasteiger partial charge in [-0.2, -0.15) is 0 Å². The van der Waals surface area contributed by atoms with Crippen LogP contribution in [0.2, 0.25) is 0 Å². The van der Waals surface area contributed by atoms with E-state index in [4.69, 9.17) is 15.2 Å². The van der Waals surface area contributed by atoms with Gasteiger partial charge >= 0.3 is 0 Å². The molecule has 0 aliphatic carbocycles. The summed E-state index contributed by atoms with van der Waals surface area (Å²) >= 11 is 0. The van der Waals surface area contributed by atoms with Gasteiger partial charge < -0.3 is 30.3 Å². The third-order valence-corrected chi connectivity index (χ3v) is 6.86. The fraction of sp³-hybridized carbons (Fsp3) is 0.464. The van der Waals surface area contributed by atoms with E-state index < -0.39 is 18.1 Å². The van der Waals surface area contributed by atoms with E-state index in [1.165, 1.54) is 31.2 Å². The highest BCUT2D eigenvalue weighted by Crippen LogP contribution is 2.29. The van der Waals surface area contributed by atoms with Crippen LogP contribution in [-0.2, 0) is 27.2 Å². The molecule has 0 radical (unpaired) electrons. The molecule has 1 heterocycles. The van der Waals surface area contributed by atoms with Gasteiger partial charge in [-0.25, -0.2) is 4.39 Å². The number of carbonyl (C=O) groups is 3. The van der Waals surface area contributed by atoms with E-state index >= 15 is 0 Å². The maximum Gasteiger partial charge on any atom is 0.246 e. The lowest BCUT2D eigenvalue weighted by Crippen LogP contribution is -2.65. The quantitative estimate of drug-likeness (QED) is 0.461. The van der Waals surface area contributed by atoms with Crippen molar-refractivity contribution >= 4 is 17.7 Å². The highest BCUT2D eigenvalue weighted by molar-refractivity contribution is 5.94. The van der Waals surface area contributed by atoms with Gasteiger partial charge in [0, 0.05) is 26.6 Å². The molecule has 38 heavy (non-hydrogen) atoms. The van der Waals surface area contributed by atoms with Crippen LogP contribution >= 0.6 is 0 Å². The minimum atomic E-state index is -0.874. The van der Waals surface area contributed by atoms with Crippen molar-refractivity contribution < 1.29 is 28.2 Å². The Morgan fingerprint density at radius 2 is 1.71 bits per heavy atom. The van der Waals surface area contributed by atoms with Crippen LogP contribution in [0.25, 0.3) is 0 Å². The summed E-state index contributed by atoms with van der Waals surface area (Å²) in [5, 5.41) is 2.67. The molecular weight excluding hydrogens is 491 g/mol. The van der Waals surface area contributed by atoms with Crippen molar-refractivity contribution in [1.29, 1.82) is 0 Å². The number of likely N-dealkylation sites (N-methyl/N-ethyl adjacent to an activating group) is 1. The maximum absolute atomic E-state index is 13.7. The lowest BCUT2D eigenvalue weighted by Gasteiger charge is -2.44. The lowest BCUT2D eigenvalue weighted by molar-refractivity contribution is -0.156. The van der Waals surface area contributed by atoms with E-state index in [0.717, 1.165) is 11.1 Å². The van der Waals surface area contributed by atoms with Crippen molar-refractivity contribution in [3.8, 4) is 11.5 Å². The molecule has 3 amide bonds. The van der Waals surface area contributed by atoms with Gasteiger partial charge in [0.05, 0.1) is 20.3 Å². The molecule has 1 aliphatic rings. The van der Waals surface area contributed by atoms with Gasteiger partial charge in [0.2, 0.25) is 17.7 Å². The molecule has 10 heteroatoms. The summed E-state index contributed by atoms with van der Waals surface area (Å²) in [5.41, 5.74) is 7.78. The number of rotatable bonds is 11. The zero-order chi connectivity index (χ0) is 27.8. The summed E-state index contributed by atoms with van der Waals surface area (Å²) in [6.07, 6.45) is 1.61. The Morgan fingerprint density at radius 3 is 2.32 bits per heavy atom. The Bertz CT molecular complexity index is 1130. The number of nitrogens with two attached hydrogens (primary N) is 1. The van der Waals surface area contributed by atoms with Gasteiger partial charge in [-0.3, -0.25) is 14.4 Å². The molecule has 0 aromatic heterocycles. The Morgan fingerprint density at radius 1 is 1.05 bits per heavy atom. The first-order valence-corrected chi connectivity index (χ1v) is 12.8. The number of nitrogens with one attached hydrogen (secondary N) is 1. The highest BCUT2D eigenvalue weighted by Gasteiger charge is 2.42.